The molecule has 2 amide bonds. The number of carbonyl (C=O) groups excluding carboxylic acids is 2. The van der Waals surface area contributed by atoms with E-state index < -0.39 is 42.4 Å². The second-order valence-corrected chi connectivity index (χ2v) is 4.26. The van der Waals surface area contributed by atoms with Gasteiger partial charge in [0.25, 0.3) is 0 Å². The molecule has 0 spiro atoms. The van der Waals surface area contributed by atoms with Crippen molar-refractivity contribution in [2.75, 3.05) is 12.3 Å². The molecule has 9 nitrogen and oxygen atoms in total. The fourth-order valence-corrected chi connectivity index (χ4v) is 1.41. The van der Waals surface area contributed by atoms with Gasteiger partial charge in [0.2, 0.25) is 11.8 Å². The Morgan fingerprint density at radius 3 is 2.19 bits per heavy atom. The molecule has 0 saturated heterocycles. The summed E-state index contributed by atoms with van der Waals surface area (Å²) in [6, 6.07) is -2.15. The molecule has 6 N–H and O–H groups in total. The molecule has 0 aliphatic carbocycles. The Labute approximate surface area is 136 Å². The van der Waals surface area contributed by atoms with Gasteiger partial charge in [-0.05, 0) is 6.42 Å². The first-order valence-corrected chi connectivity index (χ1v) is 6.29. The van der Waals surface area contributed by atoms with Crippen LogP contribution in [-0.2, 0) is 19.2 Å². The number of hydrogen-bond acceptors (Lipinski definition) is 6. The molecule has 2 atom stereocenters. The molecule has 0 saturated carbocycles. The van der Waals surface area contributed by atoms with E-state index >= 15 is 0 Å². The molecule has 0 unspecified atom stereocenters. The molecule has 122 valence electrons. The van der Waals surface area contributed by atoms with Gasteiger partial charge in [-0.15, -0.1) is 0 Å². The van der Waals surface area contributed by atoms with Gasteiger partial charge in [0.05, 0.1) is 0 Å². The van der Waals surface area contributed by atoms with Crippen molar-refractivity contribution in [3.63, 3.8) is 0 Å². The minimum absolute atomic E-state index is 0. The summed E-state index contributed by atoms with van der Waals surface area (Å²) in [4.78, 5) is 43.7. The van der Waals surface area contributed by atoms with Crippen molar-refractivity contribution in [2.45, 2.75) is 24.9 Å². The minimum atomic E-state index is -1.22. The number of carbonyl (C=O) groups is 4. The van der Waals surface area contributed by atoms with Crippen molar-refractivity contribution in [3.05, 3.63) is 0 Å². The molecular weight excluding hydrogens is 369 g/mol. The van der Waals surface area contributed by atoms with Crippen LogP contribution >= 0.6 is 12.6 Å². The summed E-state index contributed by atoms with van der Waals surface area (Å²) in [7, 11) is 0. The maximum absolute atomic E-state index is 11.5. The number of thiol groups is 1. The van der Waals surface area contributed by atoms with E-state index in [1.54, 1.807) is 0 Å². The SMILES string of the molecule is N[C@@H](CCC(=O)N[C@@H](CS)C(=O)NCC(=O)O)C(=O)O.[SeH2]. The Morgan fingerprint density at radius 2 is 1.76 bits per heavy atom. The molecule has 0 heterocycles. The van der Waals surface area contributed by atoms with Crippen molar-refractivity contribution in [1.29, 1.82) is 0 Å². The van der Waals surface area contributed by atoms with Gasteiger partial charge in [-0.2, -0.15) is 12.6 Å². The molecule has 0 bridgehead atoms. The van der Waals surface area contributed by atoms with E-state index in [4.69, 9.17) is 15.9 Å². The molecule has 0 aromatic heterocycles. The molecule has 21 heavy (non-hydrogen) atoms. The first kappa shape index (κ1) is 22.0. The third kappa shape index (κ3) is 10.1. The zero-order valence-electron chi connectivity index (χ0n) is 11.0. The van der Waals surface area contributed by atoms with Crippen molar-refractivity contribution in [1.82, 2.24) is 10.6 Å². The normalized spacial score (nSPS) is 12.5. The topological polar surface area (TPSA) is 159 Å². The first-order valence-electron chi connectivity index (χ1n) is 5.66. The maximum atomic E-state index is 11.5. The van der Waals surface area contributed by atoms with E-state index in [2.05, 4.69) is 23.3 Å². The summed E-state index contributed by atoms with van der Waals surface area (Å²) in [5.41, 5.74) is 5.23. The summed E-state index contributed by atoms with van der Waals surface area (Å²) in [5, 5.41) is 21.4. The fourth-order valence-electron chi connectivity index (χ4n) is 1.16. The zero-order valence-corrected chi connectivity index (χ0v) is 14.0. The van der Waals surface area contributed by atoms with Gasteiger partial charge in [-0.1, -0.05) is 0 Å². The third-order valence-corrected chi connectivity index (χ3v) is 2.61. The Bertz CT molecular complexity index is 395. The molecule has 0 aromatic carbocycles. The van der Waals surface area contributed by atoms with Crippen molar-refractivity contribution in [3.8, 4) is 0 Å². The van der Waals surface area contributed by atoms with E-state index in [-0.39, 0.29) is 35.7 Å². The summed E-state index contributed by atoms with van der Waals surface area (Å²) in [6.45, 7) is -0.567. The van der Waals surface area contributed by atoms with Gasteiger partial charge in [0.15, 0.2) is 0 Å². The van der Waals surface area contributed by atoms with Crippen LogP contribution in [0.5, 0.6) is 0 Å². The number of amides is 2. The number of carboxylic acid groups (broad SMARTS) is 2. The predicted octanol–water partition coefficient (Wildman–Crippen LogP) is -3.12. The Balaban J connectivity index is 0. The molecule has 0 aromatic rings. The molecular formula is C10H19N3O6SSe. The van der Waals surface area contributed by atoms with E-state index in [1.807, 2.05) is 0 Å². The van der Waals surface area contributed by atoms with E-state index in [0.29, 0.717) is 0 Å². The van der Waals surface area contributed by atoms with Crippen LogP contribution in [-0.4, -0.2) is 75.4 Å². The second-order valence-electron chi connectivity index (χ2n) is 3.90. The quantitative estimate of drug-likeness (QED) is 0.180. The van der Waals surface area contributed by atoms with E-state index in [1.165, 1.54) is 0 Å². The number of aliphatic carboxylic acids is 2. The number of carboxylic acids is 2. The van der Waals surface area contributed by atoms with Gasteiger partial charge < -0.3 is 26.6 Å². The molecule has 11 heteroatoms. The number of nitrogens with one attached hydrogen (secondary N) is 2. The Hall–Kier alpha value is -1.29. The molecule has 0 radical (unpaired) electrons. The average molecular weight is 388 g/mol. The van der Waals surface area contributed by atoms with Crippen LogP contribution in [0.1, 0.15) is 12.8 Å². The van der Waals surface area contributed by atoms with Crippen LogP contribution < -0.4 is 16.4 Å². The van der Waals surface area contributed by atoms with Gasteiger partial charge in [-0.3, -0.25) is 19.2 Å². The summed E-state index contributed by atoms with van der Waals surface area (Å²) >= 11 is 3.87. The van der Waals surface area contributed by atoms with E-state index in [9.17, 15) is 19.2 Å². The van der Waals surface area contributed by atoms with Gasteiger partial charge in [0, 0.05) is 12.2 Å². The van der Waals surface area contributed by atoms with Crippen LogP contribution in [0.15, 0.2) is 0 Å². The summed E-state index contributed by atoms with van der Waals surface area (Å²) < 4.78 is 0. The van der Waals surface area contributed by atoms with Gasteiger partial charge in [0.1, 0.15) is 18.6 Å². The zero-order chi connectivity index (χ0) is 15.7. The summed E-state index contributed by atoms with van der Waals surface area (Å²) in [6.07, 6.45) is -0.235. The van der Waals surface area contributed by atoms with Gasteiger partial charge >= 0.3 is 29.0 Å². The average Bonchev–Trinajstić information content (AvgIpc) is 2.38. The fraction of sp³-hybridized carbons (Fsp3) is 0.600. The number of nitrogens with two attached hydrogens (primary N) is 1. The van der Waals surface area contributed by atoms with E-state index in [0.717, 1.165) is 0 Å². The van der Waals surface area contributed by atoms with Crippen LogP contribution in [0.3, 0.4) is 0 Å². The van der Waals surface area contributed by atoms with Crippen LogP contribution in [0, 0.1) is 0 Å². The summed E-state index contributed by atoms with van der Waals surface area (Å²) in [5.74, 6) is -3.70. The van der Waals surface area contributed by atoms with Crippen molar-refractivity contribution in [2.24, 2.45) is 5.73 Å². The standard InChI is InChI=1S/C10H17N3O6S.H2Se/c11-5(10(18)19)1-2-7(14)13-6(4-20)9(17)12-3-8(15)16;/h5-6,20H,1-4,11H2,(H,12,17)(H,13,14)(H,15,16)(H,18,19);1H2/t5-,6-;/m0./s1. The molecule has 0 fully saturated rings. The van der Waals surface area contributed by atoms with Crippen LogP contribution in [0.2, 0.25) is 0 Å². The number of rotatable bonds is 9. The predicted molar refractivity (Wildman–Crippen MR) is 79.8 cm³/mol. The molecule has 0 aliphatic heterocycles. The first-order chi connectivity index (χ1) is 9.27. The van der Waals surface area contributed by atoms with Crippen molar-refractivity contribution < 1.29 is 29.4 Å². The van der Waals surface area contributed by atoms with Gasteiger partial charge in [-0.25, -0.2) is 0 Å². The van der Waals surface area contributed by atoms with Crippen molar-refractivity contribution >= 4 is 53.5 Å². The Morgan fingerprint density at radius 1 is 1.19 bits per heavy atom. The second kappa shape index (κ2) is 11.4. The molecule has 0 rings (SSSR count). The molecule has 0 aliphatic rings. The Kier molecular flexibility index (Phi) is 11.9. The monoisotopic (exact) mass is 389 g/mol. The van der Waals surface area contributed by atoms with Crippen LogP contribution in [0.4, 0.5) is 0 Å². The third-order valence-electron chi connectivity index (χ3n) is 2.25. The van der Waals surface area contributed by atoms with Crippen LogP contribution in [0.25, 0.3) is 0 Å². The number of hydrogen-bond donors (Lipinski definition) is 6.